The molecule has 0 amide bonds. The zero-order chi connectivity index (χ0) is 15.0. The first-order valence-corrected chi connectivity index (χ1v) is 8.33. The highest BCUT2D eigenvalue weighted by atomic mass is 32.1. The van der Waals surface area contributed by atoms with E-state index in [1.54, 1.807) is 11.3 Å². The van der Waals surface area contributed by atoms with Gasteiger partial charge in [-0.05, 0) is 38.8 Å². The summed E-state index contributed by atoms with van der Waals surface area (Å²) in [6.07, 6.45) is 4.28. The molecule has 0 unspecified atom stereocenters. The van der Waals surface area contributed by atoms with Gasteiger partial charge in [-0.1, -0.05) is 20.8 Å². The summed E-state index contributed by atoms with van der Waals surface area (Å²) in [5.74, 6) is -0.794. The van der Waals surface area contributed by atoms with E-state index in [1.807, 2.05) is 0 Å². The van der Waals surface area contributed by atoms with Crippen molar-refractivity contribution >= 4 is 17.3 Å². The van der Waals surface area contributed by atoms with Crippen LogP contribution < -0.4 is 0 Å². The van der Waals surface area contributed by atoms with Gasteiger partial charge in [0.2, 0.25) is 0 Å². The lowest BCUT2D eigenvalue weighted by molar-refractivity contribution is -0.136. The number of hydrogen-bond donors (Lipinski definition) is 1. The van der Waals surface area contributed by atoms with Crippen LogP contribution in [0.15, 0.2) is 0 Å². The fourth-order valence-corrected chi connectivity index (χ4v) is 3.50. The predicted octanol–water partition coefficient (Wildman–Crippen LogP) is 3.34. The van der Waals surface area contributed by atoms with Crippen LogP contribution >= 0.6 is 11.3 Å². The Morgan fingerprint density at radius 1 is 1.20 bits per heavy atom. The average Bonchev–Trinajstić information content (AvgIpc) is 2.71. The van der Waals surface area contributed by atoms with Gasteiger partial charge in [-0.15, -0.1) is 11.3 Å². The van der Waals surface area contributed by atoms with Crippen LogP contribution in [0.3, 0.4) is 0 Å². The molecule has 0 bridgehead atoms. The third-order valence-corrected chi connectivity index (χ3v) is 4.19. The first-order valence-electron chi connectivity index (χ1n) is 7.52. The number of carboxylic acid groups (broad SMARTS) is 1. The molecule has 0 saturated carbocycles. The van der Waals surface area contributed by atoms with Crippen molar-refractivity contribution in [1.29, 1.82) is 0 Å². The van der Waals surface area contributed by atoms with Gasteiger partial charge in [0, 0.05) is 11.4 Å². The molecule has 4 nitrogen and oxygen atoms in total. The van der Waals surface area contributed by atoms with E-state index in [0.29, 0.717) is 0 Å². The number of carboxylic acids is 1. The second-order valence-electron chi connectivity index (χ2n) is 5.07. The molecule has 1 aromatic heterocycles. The van der Waals surface area contributed by atoms with Crippen LogP contribution in [0, 0.1) is 0 Å². The minimum absolute atomic E-state index is 0.0433. The van der Waals surface area contributed by atoms with Gasteiger partial charge >= 0.3 is 5.97 Å². The van der Waals surface area contributed by atoms with E-state index in [1.165, 1.54) is 0 Å². The Bertz CT molecular complexity index is 412. The third kappa shape index (κ3) is 5.59. The van der Waals surface area contributed by atoms with Crippen LogP contribution in [-0.2, 0) is 24.2 Å². The Balaban J connectivity index is 2.85. The Hall–Kier alpha value is -0.940. The second-order valence-corrected chi connectivity index (χ2v) is 6.24. The van der Waals surface area contributed by atoms with Crippen LogP contribution in [0.5, 0.6) is 0 Å². The molecule has 0 aromatic carbocycles. The molecule has 20 heavy (non-hydrogen) atoms. The Labute approximate surface area is 125 Å². The molecule has 114 valence electrons. The Kier molecular flexibility index (Phi) is 7.77. The number of rotatable bonds is 10. The van der Waals surface area contributed by atoms with Gasteiger partial charge in [-0.2, -0.15) is 0 Å². The molecule has 0 aliphatic carbocycles. The summed E-state index contributed by atoms with van der Waals surface area (Å²) < 4.78 is 0. The monoisotopic (exact) mass is 298 g/mol. The van der Waals surface area contributed by atoms with E-state index in [9.17, 15) is 4.79 Å². The van der Waals surface area contributed by atoms with Crippen molar-refractivity contribution < 1.29 is 9.90 Å². The molecule has 0 fully saturated rings. The highest BCUT2D eigenvalue weighted by Crippen LogP contribution is 2.22. The lowest BCUT2D eigenvalue weighted by Crippen LogP contribution is -2.25. The molecule has 0 spiro atoms. The number of aliphatic carboxylic acids is 1. The minimum atomic E-state index is -0.794. The Morgan fingerprint density at radius 3 is 2.35 bits per heavy atom. The van der Waals surface area contributed by atoms with E-state index in [-0.39, 0.29) is 6.42 Å². The zero-order valence-corrected chi connectivity index (χ0v) is 13.6. The van der Waals surface area contributed by atoms with Crippen LogP contribution in [0.1, 0.15) is 55.6 Å². The van der Waals surface area contributed by atoms with Crippen molar-refractivity contribution in [3.63, 3.8) is 0 Å². The molecule has 1 heterocycles. The highest BCUT2D eigenvalue weighted by Gasteiger charge is 2.16. The number of hydrogen-bond acceptors (Lipinski definition) is 4. The van der Waals surface area contributed by atoms with Gasteiger partial charge in [-0.25, -0.2) is 4.98 Å². The normalized spacial score (nSPS) is 11.2. The smallest absolute Gasteiger partial charge is 0.309 e. The second kappa shape index (κ2) is 9.08. The van der Waals surface area contributed by atoms with Gasteiger partial charge < -0.3 is 5.11 Å². The van der Waals surface area contributed by atoms with Gasteiger partial charge in [-0.3, -0.25) is 9.69 Å². The van der Waals surface area contributed by atoms with Crippen LogP contribution in [0.4, 0.5) is 0 Å². The third-order valence-electron chi connectivity index (χ3n) is 3.05. The summed E-state index contributed by atoms with van der Waals surface area (Å²) in [6, 6.07) is 0. The molecule has 1 rings (SSSR count). The number of thiazole rings is 1. The van der Waals surface area contributed by atoms with E-state index in [4.69, 9.17) is 5.11 Å². The van der Waals surface area contributed by atoms with Crippen LogP contribution in [-0.4, -0.2) is 34.0 Å². The fraction of sp³-hybridized carbons (Fsp3) is 0.733. The van der Waals surface area contributed by atoms with Crippen molar-refractivity contribution in [3.8, 4) is 0 Å². The summed E-state index contributed by atoms with van der Waals surface area (Å²) in [5, 5.41) is 10.1. The minimum Gasteiger partial charge on any atom is -0.481 e. The fourth-order valence-electron chi connectivity index (χ4n) is 2.27. The van der Waals surface area contributed by atoms with Gasteiger partial charge in [0.15, 0.2) is 0 Å². The number of carbonyl (C=O) groups is 1. The largest absolute Gasteiger partial charge is 0.481 e. The maximum atomic E-state index is 11.0. The molecule has 1 aromatic rings. The SMILES string of the molecule is CCCc1nc(CC(=O)O)c(CN(CCC)CCC)s1. The van der Waals surface area contributed by atoms with E-state index in [0.717, 1.165) is 60.9 Å². The summed E-state index contributed by atoms with van der Waals surface area (Å²) in [5.41, 5.74) is 0.767. The maximum absolute atomic E-state index is 11.0. The van der Waals surface area contributed by atoms with Crippen LogP contribution in [0.2, 0.25) is 0 Å². The number of nitrogens with zero attached hydrogens (tertiary/aromatic N) is 2. The predicted molar refractivity (Wildman–Crippen MR) is 83.3 cm³/mol. The molecular formula is C15H26N2O2S. The van der Waals surface area contributed by atoms with E-state index in [2.05, 4.69) is 30.7 Å². The molecule has 5 heteroatoms. The van der Waals surface area contributed by atoms with Crippen LogP contribution in [0.25, 0.3) is 0 Å². The van der Waals surface area contributed by atoms with E-state index < -0.39 is 5.97 Å². The number of aryl methyl sites for hydroxylation is 1. The highest BCUT2D eigenvalue weighted by molar-refractivity contribution is 7.11. The van der Waals surface area contributed by atoms with Crippen molar-refractivity contribution in [2.24, 2.45) is 0 Å². The molecule has 0 saturated heterocycles. The van der Waals surface area contributed by atoms with Gasteiger partial charge in [0.1, 0.15) is 0 Å². The van der Waals surface area contributed by atoms with Gasteiger partial charge in [0.05, 0.1) is 17.1 Å². The lowest BCUT2D eigenvalue weighted by Gasteiger charge is -2.20. The standard InChI is InChI=1S/C15H26N2O2S/c1-4-7-14-16-12(10-15(18)19)13(20-14)11-17(8-5-2)9-6-3/h4-11H2,1-3H3,(H,18,19). The molecule has 0 aliphatic rings. The topological polar surface area (TPSA) is 53.4 Å². The Morgan fingerprint density at radius 2 is 1.85 bits per heavy atom. The molecule has 0 atom stereocenters. The van der Waals surface area contributed by atoms with Crippen molar-refractivity contribution in [3.05, 3.63) is 15.6 Å². The molecular weight excluding hydrogens is 272 g/mol. The van der Waals surface area contributed by atoms with E-state index >= 15 is 0 Å². The zero-order valence-electron chi connectivity index (χ0n) is 12.8. The van der Waals surface area contributed by atoms with Gasteiger partial charge in [0.25, 0.3) is 0 Å². The summed E-state index contributed by atoms with van der Waals surface area (Å²) >= 11 is 1.69. The molecule has 0 radical (unpaired) electrons. The van der Waals surface area contributed by atoms with Crippen molar-refractivity contribution in [2.75, 3.05) is 13.1 Å². The summed E-state index contributed by atoms with van der Waals surface area (Å²) in [7, 11) is 0. The summed E-state index contributed by atoms with van der Waals surface area (Å²) in [4.78, 5) is 19.0. The molecule has 1 N–H and O–H groups in total. The molecule has 0 aliphatic heterocycles. The summed E-state index contributed by atoms with van der Waals surface area (Å²) in [6.45, 7) is 9.43. The van der Waals surface area contributed by atoms with Crippen molar-refractivity contribution in [1.82, 2.24) is 9.88 Å². The average molecular weight is 298 g/mol. The van der Waals surface area contributed by atoms with Crippen molar-refractivity contribution in [2.45, 2.75) is 59.4 Å². The first-order chi connectivity index (χ1) is 9.60. The number of aromatic nitrogens is 1. The quantitative estimate of drug-likeness (QED) is 0.720. The maximum Gasteiger partial charge on any atom is 0.309 e. The first kappa shape index (κ1) is 17.1. The lowest BCUT2D eigenvalue weighted by atomic mass is 10.2.